The summed E-state index contributed by atoms with van der Waals surface area (Å²) in [6.45, 7) is 8.18. The van der Waals surface area contributed by atoms with Gasteiger partial charge in [-0.05, 0) is 12.1 Å². The van der Waals surface area contributed by atoms with Gasteiger partial charge in [-0.1, -0.05) is 6.58 Å². The summed E-state index contributed by atoms with van der Waals surface area (Å²) in [4.78, 5) is 0. The molecule has 0 fully saturated rings. The summed E-state index contributed by atoms with van der Waals surface area (Å²) in [6, 6.07) is 0. The number of rotatable bonds is 4. The molecule has 6 nitrogen and oxygen atoms in total. The summed E-state index contributed by atoms with van der Waals surface area (Å²) in [5.74, 6) is 0.582. The van der Waals surface area contributed by atoms with Gasteiger partial charge in [0.05, 0.1) is 0 Å². The van der Waals surface area contributed by atoms with Gasteiger partial charge in [0.2, 0.25) is 0 Å². The molecule has 0 aliphatic heterocycles. The fraction of sp³-hybridized carbons (Fsp3) is 0.200. The van der Waals surface area contributed by atoms with Crippen LogP contribution in [-0.4, -0.2) is 12.6 Å². The number of nitrogens with two attached hydrogens (primary N) is 1. The Morgan fingerprint density at radius 1 is 1.55 bits per heavy atom. The van der Waals surface area contributed by atoms with Gasteiger partial charge in [-0.15, -0.1) is 10.2 Å². The predicted octanol–water partition coefficient (Wildman–Crippen LogP) is 0.407. The van der Waals surface area contributed by atoms with E-state index in [2.05, 4.69) is 39.3 Å². The highest BCUT2D eigenvalue weighted by Gasteiger charge is 1.81. The second kappa shape index (κ2) is 5.10. The Kier molecular flexibility index (Phi) is 4.30. The SMILES string of the molecule is C=NNC(=C)/N=N/N=C(\C)N. The Morgan fingerprint density at radius 3 is 2.64 bits per heavy atom. The molecular formula is C5H10N6. The third-order valence-electron chi connectivity index (χ3n) is 0.576. The van der Waals surface area contributed by atoms with E-state index in [1.54, 1.807) is 6.92 Å². The zero-order chi connectivity index (χ0) is 8.69. The van der Waals surface area contributed by atoms with E-state index in [-0.39, 0.29) is 5.82 Å². The first-order valence-electron chi connectivity index (χ1n) is 2.78. The summed E-state index contributed by atoms with van der Waals surface area (Å²) < 4.78 is 0. The van der Waals surface area contributed by atoms with E-state index >= 15 is 0 Å². The number of hydrazone groups is 1. The molecule has 0 heterocycles. The third kappa shape index (κ3) is 6.16. The van der Waals surface area contributed by atoms with Gasteiger partial charge < -0.3 is 5.73 Å². The maximum Gasteiger partial charge on any atom is 0.163 e. The van der Waals surface area contributed by atoms with Crippen LogP contribution >= 0.6 is 0 Å². The molecule has 0 radical (unpaired) electrons. The molecule has 11 heavy (non-hydrogen) atoms. The van der Waals surface area contributed by atoms with Crippen molar-refractivity contribution in [2.45, 2.75) is 6.92 Å². The highest BCUT2D eigenvalue weighted by molar-refractivity contribution is 5.77. The molecule has 0 aliphatic carbocycles. The van der Waals surface area contributed by atoms with E-state index in [0.717, 1.165) is 0 Å². The van der Waals surface area contributed by atoms with Crippen LogP contribution in [0.4, 0.5) is 0 Å². The van der Waals surface area contributed by atoms with Gasteiger partial charge in [0.15, 0.2) is 5.82 Å². The van der Waals surface area contributed by atoms with Crippen LogP contribution < -0.4 is 11.2 Å². The average molecular weight is 154 g/mol. The zero-order valence-electron chi connectivity index (χ0n) is 6.28. The van der Waals surface area contributed by atoms with Gasteiger partial charge in [0.1, 0.15) is 5.84 Å². The van der Waals surface area contributed by atoms with Crippen LogP contribution in [0, 0.1) is 0 Å². The third-order valence-corrected chi connectivity index (χ3v) is 0.576. The number of hydrogen-bond acceptors (Lipinski definition) is 4. The van der Waals surface area contributed by atoms with Gasteiger partial charge in [-0.3, -0.25) is 5.43 Å². The molecule has 60 valence electrons. The first-order valence-corrected chi connectivity index (χ1v) is 2.78. The minimum Gasteiger partial charge on any atom is -0.386 e. The number of nitrogens with zero attached hydrogens (tertiary/aromatic N) is 4. The van der Waals surface area contributed by atoms with Gasteiger partial charge in [-0.2, -0.15) is 5.10 Å². The van der Waals surface area contributed by atoms with Crippen LogP contribution in [-0.2, 0) is 0 Å². The molecular weight excluding hydrogens is 144 g/mol. The van der Waals surface area contributed by atoms with Crippen molar-refractivity contribution in [2.75, 3.05) is 0 Å². The molecule has 0 saturated heterocycles. The van der Waals surface area contributed by atoms with Crippen molar-refractivity contribution < 1.29 is 0 Å². The first kappa shape index (κ1) is 9.28. The molecule has 0 aliphatic rings. The van der Waals surface area contributed by atoms with Crippen LogP contribution in [0.3, 0.4) is 0 Å². The fourth-order valence-corrected chi connectivity index (χ4v) is 0.261. The van der Waals surface area contributed by atoms with Crippen molar-refractivity contribution in [1.82, 2.24) is 5.43 Å². The topological polar surface area (TPSA) is 87.5 Å². The highest BCUT2D eigenvalue weighted by atomic mass is 15.4. The molecule has 0 saturated carbocycles. The maximum atomic E-state index is 5.16. The second-order valence-electron chi connectivity index (χ2n) is 1.65. The van der Waals surface area contributed by atoms with Gasteiger partial charge in [0.25, 0.3) is 0 Å². The summed E-state index contributed by atoms with van der Waals surface area (Å²) in [5.41, 5.74) is 7.53. The summed E-state index contributed by atoms with van der Waals surface area (Å²) in [6.07, 6.45) is 0. The molecule has 0 aromatic heterocycles. The molecule has 0 aromatic carbocycles. The van der Waals surface area contributed by atoms with Gasteiger partial charge in [-0.25, -0.2) is 0 Å². The van der Waals surface area contributed by atoms with E-state index in [0.29, 0.717) is 5.84 Å². The molecule has 0 atom stereocenters. The predicted molar refractivity (Wildman–Crippen MR) is 44.0 cm³/mol. The molecule has 0 aromatic rings. The molecule has 3 N–H and O–H groups in total. The fourth-order valence-electron chi connectivity index (χ4n) is 0.261. The van der Waals surface area contributed by atoms with Crippen LogP contribution in [0.1, 0.15) is 6.92 Å². The Bertz CT molecular complexity index is 199. The van der Waals surface area contributed by atoms with E-state index in [1.807, 2.05) is 0 Å². The minimum absolute atomic E-state index is 0.255. The van der Waals surface area contributed by atoms with Crippen LogP contribution in [0.25, 0.3) is 0 Å². The Balaban J connectivity index is 3.83. The van der Waals surface area contributed by atoms with Crippen molar-refractivity contribution in [3.8, 4) is 0 Å². The van der Waals surface area contributed by atoms with E-state index in [4.69, 9.17) is 5.73 Å². The average Bonchev–Trinajstić information content (AvgIpc) is 1.87. The number of amidine groups is 1. The second-order valence-corrected chi connectivity index (χ2v) is 1.65. The summed E-state index contributed by atoms with van der Waals surface area (Å²) in [7, 11) is 0. The van der Waals surface area contributed by atoms with E-state index in [1.165, 1.54) is 0 Å². The maximum absolute atomic E-state index is 5.16. The van der Waals surface area contributed by atoms with Crippen molar-refractivity contribution in [3.63, 3.8) is 0 Å². The lowest BCUT2D eigenvalue weighted by molar-refractivity contribution is 0.836. The largest absolute Gasteiger partial charge is 0.386 e. The van der Waals surface area contributed by atoms with Crippen molar-refractivity contribution in [3.05, 3.63) is 12.4 Å². The van der Waals surface area contributed by atoms with Crippen molar-refractivity contribution >= 4 is 12.6 Å². The lowest BCUT2D eigenvalue weighted by atomic mass is 10.7. The molecule has 6 heteroatoms. The molecule has 0 rings (SSSR count). The van der Waals surface area contributed by atoms with Gasteiger partial charge in [0, 0.05) is 6.72 Å². The Morgan fingerprint density at radius 2 is 2.18 bits per heavy atom. The highest BCUT2D eigenvalue weighted by Crippen LogP contribution is 1.87. The molecule has 0 unspecified atom stereocenters. The quantitative estimate of drug-likeness (QED) is 0.266. The first-order chi connectivity index (χ1) is 5.16. The van der Waals surface area contributed by atoms with Crippen LogP contribution in [0.2, 0.25) is 0 Å². The monoisotopic (exact) mass is 154 g/mol. The zero-order valence-corrected chi connectivity index (χ0v) is 6.28. The van der Waals surface area contributed by atoms with E-state index in [9.17, 15) is 0 Å². The summed E-state index contributed by atoms with van der Waals surface area (Å²) in [5, 5.41) is 13.5. The Hall–Kier alpha value is -1.72. The standard InChI is InChI=1S/C5H10N6/c1-4(6)8-11-10-5(2)9-7-3/h9H,2-3H2,1H3,(H2,6,8,10). The number of nitrogens with one attached hydrogen (secondary N) is 1. The number of hydrogen-bond donors (Lipinski definition) is 2. The van der Waals surface area contributed by atoms with Crippen molar-refractivity contribution in [1.29, 1.82) is 0 Å². The smallest absolute Gasteiger partial charge is 0.163 e. The normalized spacial score (nSPS) is 11.5. The lowest BCUT2D eigenvalue weighted by Crippen LogP contribution is -2.03. The van der Waals surface area contributed by atoms with Crippen LogP contribution in [0.5, 0.6) is 0 Å². The lowest BCUT2D eigenvalue weighted by Gasteiger charge is -1.91. The van der Waals surface area contributed by atoms with Gasteiger partial charge >= 0.3 is 0 Å². The minimum atomic E-state index is 0.255. The Labute approximate surface area is 64.6 Å². The van der Waals surface area contributed by atoms with Crippen molar-refractivity contribution in [2.24, 2.45) is 26.3 Å². The molecule has 0 spiro atoms. The van der Waals surface area contributed by atoms with E-state index < -0.39 is 0 Å². The molecule has 0 amide bonds. The molecule has 0 bridgehead atoms. The van der Waals surface area contributed by atoms with Crippen LogP contribution in [0.15, 0.2) is 32.9 Å². The summed E-state index contributed by atoms with van der Waals surface area (Å²) >= 11 is 0.